The van der Waals surface area contributed by atoms with Gasteiger partial charge in [-0.1, -0.05) is 30.3 Å². The summed E-state index contributed by atoms with van der Waals surface area (Å²) >= 11 is 0. The minimum Gasteiger partial charge on any atom is -0.321 e. The molecule has 3 aromatic carbocycles. The van der Waals surface area contributed by atoms with Crippen molar-refractivity contribution in [2.45, 2.75) is 0 Å². The average Bonchev–Trinajstić information content (AvgIpc) is 3.63. The van der Waals surface area contributed by atoms with Gasteiger partial charge in [0.05, 0.1) is 22.8 Å². The molecule has 4 heterocycles. The van der Waals surface area contributed by atoms with Gasteiger partial charge in [-0.25, -0.2) is 18.7 Å². The molecule has 8 nitrogen and oxygen atoms in total. The lowest BCUT2D eigenvalue weighted by molar-refractivity contribution is 0.102. The summed E-state index contributed by atoms with van der Waals surface area (Å²) < 4.78 is 29.7. The smallest absolute Gasteiger partial charge is 0.255 e. The number of anilines is 1. The topological polar surface area (TPSA) is 112 Å². The summed E-state index contributed by atoms with van der Waals surface area (Å²) in [6, 6.07) is 21.7. The van der Waals surface area contributed by atoms with Crippen LogP contribution >= 0.6 is 0 Å². The predicted octanol–water partition coefficient (Wildman–Crippen LogP) is 6.76. The number of nitrogens with one attached hydrogen (secondary N) is 3. The van der Waals surface area contributed by atoms with Crippen LogP contribution in [-0.4, -0.2) is 36.0 Å². The van der Waals surface area contributed by atoms with Crippen molar-refractivity contribution in [1.29, 1.82) is 0 Å². The number of hydrogen-bond donors (Lipinski definition) is 3. The fraction of sp³-hybridized carbons (Fsp3) is 0. The number of hydrogen-bond acceptors (Lipinski definition) is 5. The predicted molar refractivity (Wildman–Crippen MR) is 152 cm³/mol. The highest BCUT2D eigenvalue weighted by molar-refractivity contribution is 6.04. The van der Waals surface area contributed by atoms with Crippen LogP contribution in [0, 0.1) is 11.6 Å². The second-order valence-electron chi connectivity index (χ2n) is 9.35. The normalized spacial score (nSPS) is 11.3. The summed E-state index contributed by atoms with van der Waals surface area (Å²) in [7, 11) is 0. The van der Waals surface area contributed by atoms with Crippen LogP contribution in [0.5, 0.6) is 0 Å². The van der Waals surface area contributed by atoms with E-state index in [1.165, 1.54) is 24.5 Å². The van der Waals surface area contributed by atoms with Crippen LogP contribution in [0.15, 0.2) is 97.5 Å². The minimum atomic E-state index is -0.522. The summed E-state index contributed by atoms with van der Waals surface area (Å²) in [6.45, 7) is 0. The summed E-state index contributed by atoms with van der Waals surface area (Å²) in [5, 5.41) is 10.3. The summed E-state index contributed by atoms with van der Waals surface area (Å²) in [6.07, 6.45) is 4.66. The molecule has 0 spiro atoms. The second kappa shape index (κ2) is 9.76. The van der Waals surface area contributed by atoms with Gasteiger partial charge in [-0.3, -0.25) is 14.9 Å². The molecule has 10 heteroatoms. The summed E-state index contributed by atoms with van der Waals surface area (Å²) in [4.78, 5) is 29.0. The number of halogens is 2. The van der Waals surface area contributed by atoms with E-state index in [2.05, 4.69) is 30.5 Å². The zero-order valence-electron chi connectivity index (χ0n) is 21.2. The SMILES string of the molecule is O=C(Nc1cncc(-c2ccc3[nH]nc(-c4nc5c(-c6ccc(F)cc6)ccnc5[nH]4)c3c2F)c1)c1ccccc1. The molecule has 7 rings (SSSR count). The quantitative estimate of drug-likeness (QED) is 0.222. The molecule has 0 aliphatic rings. The van der Waals surface area contributed by atoms with Crippen molar-refractivity contribution in [3.05, 3.63) is 115 Å². The van der Waals surface area contributed by atoms with Crippen LogP contribution in [0.3, 0.4) is 0 Å². The summed E-state index contributed by atoms with van der Waals surface area (Å²) in [5.41, 5.74) is 5.00. The van der Waals surface area contributed by atoms with Crippen molar-refractivity contribution >= 4 is 33.7 Å². The Kier molecular flexibility index (Phi) is 5.78. The lowest BCUT2D eigenvalue weighted by atomic mass is 10.0. The molecular formula is C31H19F2N7O. The Bertz CT molecular complexity index is 2070. The maximum absolute atomic E-state index is 16.2. The monoisotopic (exact) mass is 543 g/mol. The molecule has 41 heavy (non-hydrogen) atoms. The Balaban J connectivity index is 1.28. The molecule has 0 radical (unpaired) electrons. The van der Waals surface area contributed by atoms with Crippen LogP contribution in [0.25, 0.3) is 55.8 Å². The molecule has 0 aliphatic heterocycles. The van der Waals surface area contributed by atoms with Gasteiger partial charge in [0.2, 0.25) is 0 Å². The van der Waals surface area contributed by atoms with Crippen LogP contribution in [-0.2, 0) is 0 Å². The lowest BCUT2D eigenvalue weighted by Crippen LogP contribution is -2.11. The van der Waals surface area contributed by atoms with E-state index < -0.39 is 5.82 Å². The number of H-pyrrole nitrogens is 2. The van der Waals surface area contributed by atoms with Gasteiger partial charge in [0.25, 0.3) is 5.91 Å². The molecule has 0 saturated heterocycles. The average molecular weight is 544 g/mol. The van der Waals surface area contributed by atoms with Gasteiger partial charge >= 0.3 is 0 Å². The molecule has 7 aromatic rings. The maximum atomic E-state index is 16.2. The molecule has 0 fully saturated rings. The van der Waals surface area contributed by atoms with Crippen molar-refractivity contribution < 1.29 is 13.6 Å². The Hall–Kier alpha value is -5.77. The van der Waals surface area contributed by atoms with Gasteiger partial charge in [0.1, 0.15) is 22.8 Å². The zero-order chi connectivity index (χ0) is 27.9. The van der Waals surface area contributed by atoms with Gasteiger partial charge in [0, 0.05) is 34.6 Å². The van der Waals surface area contributed by atoms with Crippen molar-refractivity contribution in [2.75, 3.05) is 5.32 Å². The van der Waals surface area contributed by atoms with Crippen LogP contribution < -0.4 is 5.32 Å². The highest BCUT2D eigenvalue weighted by atomic mass is 19.1. The number of aromatic nitrogens is 6. The Morgan fingerprint density at radius 1 is 0.854 bits per heavy atom. The molecule has 0 atom stereocenters. The number of carbonyl (C=O) groups excluding carboxylic acids is 1. The molecule has 198 valence electrons. The standard InChI is InChI=1S/C31H19F2N7O/c32-20-8-6-17(7-9-20)23-12-13-35-29-27(23)37-30(38-29)28-25-24(39-40-28)11-10-22(26(25)33)19-14-21(16-34-15-19)36-31(41)18-4-2-1-3-5-18/h1-16H,(H,36,41)(H,39,40)(H,35,37,38). The van der Waals surface area contributed by atoms with Crippen molar-refractivity contribution in [3.63, 3.8) is 0 Å². The third-order valence-electron chi connectivity index (χ3n) is 6.77. The van der Waals surface area contributed by atoms with Crippen molar-refractivity contribution in [1.82, 2.24) is 30.1 Å². The first kappa shape index (κ1) is 24.3. The maximum Gasteiger partial charge on any atom is 0.255 e. The first-order chi connectivity index (χ1) is 20.0. The fourth-order valence-corrected chi connectivity index (χ4v) is 4.80. The fourth-order valence-electron chi connectivity index (χ4n) is 4.80. The van der Waals surface area contributed by atoms with E-state index in [0.717, 1.165) is 11.1 Å². The molecular weight excluding hydrogens is 524 g/mol. The largest absolute Gasteiger partial charge is 0.321 e. The lowest BCUT2D eigenvalue weighted by Gasteiger charge is -2.09. The number of aromatic amines is 2. The highest BCUT2D eigenvalue weighted by Gasteiger charge is 2.21. The molecule has 0 unspecified atom stereocenters. The number of pyridine rings is 2. The van der Waals surface area contributed by atoms with E-state index in [-0.39, 0.29) is 28.4 Å². The molecule has 3 N–H and O–H groups in total. The van der Waals surface area contributed by atoms with Crippen LogP contribution in [0.1, 0.15) is 10.4 Å². The zero-order valence-corrected chi connectivity index (χ0v) is 21.2. The molecule has 0 bridgehead atoms. The van der Waals surface area contributed by atoms with E-state index >= 15 is 4.39 Å². The molecule has 0 saturated carbocycles. The number of rotatable bonds is 5. The minimum absolute atomic E-state index is 0.239. The van der Waals surface area contributed by atoms with E-state index in [1.807, 2.05) is 6.07 Å². The van der Waals surface area contributed by atoms with Crippen molar-refractivity contribution in [2.24, 2.45) is 0 Å². The van der Waals surface area contributed by atoms with Gasteiger partial charge in [-0.2, -0.15) is 5.10 Å². The Labute approximate surface area is 231 Å². The van der Waals surface area contributed by atoms with E-state index in [1.54, 1.807) is 66.9 Å². The summed E-state index contributed by atoms with van der Waals surface area (Å²) in [5.74, 6) is -0.829. The number of carbonyl (C=O) groups is 1. The number of fused-ring (bicyclic) bond motifs is 2. The van der Waals surface area contributed by atoms with Crippen LogP contribution in [0.4, 0.5) is 14.5 Å². The third kappa shape index (κ3) is 4.37. The molecule has 4 aromatic heterocycles. The second-order valence-corrected chi connectivity index (χ2v) is 9.35. The third-order valence-corrected chi connectivity index (χ3v) is 6.77. The number of imidazole rings is 1. The van der Waals surface area contributed by atoms with Gasteiger partial charge in [-0.05, 0) is 54.1 Å². The molecule has 1 amide bonds. The van der Waals surface area contributed by atoms with Crippen LogP contribution in [0.2, 0.25) is 0 Å². The van der Waals surface area contributed by atoms with E-state index in [4.69, 9.17) is 4.98 Å². The Morgan fingerprint density at radius 3 is 2.51 bits per heavy atom. The first-order valence-electron chi connectivity index (χ1n) is 12.6. The number of amides is 1. The van der Waals surface area contributed by atoms with E-state index in [0.29, 0.717) is 39.3 Å². The Morgan fingerprint density at radius 2 is 1.68 bits per heavy atom. The first-order valence-corrected chi connectivity index (χ1v) is 12.6. The highest BCUT2D eigenvalue weighted by Crippen LogP contribution is 2.35. The van der Waals surface area contributed by atoms with E-state index in [9.17, 15) is 9.18 Å². The van der Waals surface area contributed by atoms with Crippen molar-refractivity contribution in [3.8, 4) is 33.8 Å². The van der Waals surface area contributed by atoms with Gasteiger partial charge in [0.15, 0.2) is 11.5 Å². The number of benzene rings is 3. The molecule has 0 aliphatic carbocycles. The van der Waals surface area contributed by atoms with Gasteiger partial charge < -0.3 is 10.3 Å². The van der Waals surface area contributed by atoms with Gasteiger partial charge in [-0.15, -0.1) is 0 Å². The number of nitrogens with zero attached hydrogens (tertiary/aromatic N) is 4.